The lowest BCUT2D eigenvalue weighted by Crippen LogP contribution is -2.05. The van der Waals surface area contributed by atoms with E-state index in [0.717, 1.165) is 180 Å². The Labute approximate surface area is 780 Å². The molecule has 0 aliphatic rings. The van der Waals surface area contributed by atoms with Crippen molar-refractivity contribution in [3.05, 3.63) is 279 Å². The number of hydrogen-bond donors (Lipinski definition) is 11. The van der Waals surface area contributed by atoms with E-state index >= 15 is 0 Å². The van der Waals surface area contributed by atoms with Crippen molar-refractivity contribution in [2.45, 2.75) is 373 Å². The lowest BCUT2D eigenvalue weighted by atomic mass is 10.1. The fourth-order valence-electron chi connectivity index (χ4n) is 10.9. The molecule has 0 amide bonds. The van der Waals surface area contributed by atoms with Gasteiger partial charge in [-0.1, -0.05) is 365 Å². The topological polar surface area (TPSA) is 326 Å². The monoisotopic (exact) mass is 1790 g/mol. The third-order valence-corrected chi connectivity index (χ3v) is 18.1. The highest BCUT2D eigenvalue weighted by atomic mass is 17.1. The Kier molecular flexibility index (Phi) is 112. The number of carbonyl (C=O) groups is 5. The molecule has 0 rings (SSSR count). The summed E-state index contributed by atoms with van der Waals surface area (Å²) in [5.74, 6) is 1.66. The second-order valence-corrected chi connectivity index (χ2v) is 30.3. The highest BCUT2D eigenvalue weighted by Gasteiger charge is 2.05. The Bertz CT molecular complexity index is 3390. The summed E-state index contributed by atoms with van der Waals surface area (Å²) in [5.41, 5.74) is 0. The van der Waals surface area contributed by atoms with Gasteiger partial charge in [0.2, 0.25) is 0 Å². The number of aliphatic carboxylic acids is 5. The van der Waals surface area contributed by atoms with E-state index in [1.54, 1.807) is 48.6 Å². The number of hydrogen-bond acceptors (Lipinski definition) is 13. The molecule has 0 spiro atoms. The molecule has 1 unspecified atom stereocenters. The highest BCUT2D eigenvalue weighted by Crippen LogP contribution is 2.13. The van der Waals surface area contributed by atoms with Gasteiger partial charge in [-0.15, -0.1) is 11.8 Å². The van der Waals surface area contributed by atoms with Crippen LogP contribution in [-0.2, 0) is 33.7 Å². The van der Waals surface area contributed by atoms with Gasteiger partial charge in [-0.25, -0.2) is 9.78 Å². The third kappa shape index (κ3) is 127. The van der Waals surface area contributed by atoms with Gasteiger partial charge in [0.15, 0.2) is 0 Å². The van der Waals surface area contributed by atoms with Crippen molar-refractivity contribution in [3.63, 3.8) is 0 Å². The molecule has 724 valence electrons. The minimum atomic E-state index is -0.866. The van der Waals surface area contributed by atoms with Crippen LogP contribution in [0.15, 0.2) is 279 Å². The maximum Gasteiger partial charge on any atom is 0.304 e. The number of carboxylic acid groups (broad SMARTS) is 5. The third-order valence-electron chi connectivity index (χ3n) is 18.1. The average Bonchev–Trinajstić information content (AvgIpc) is 1.03. The summed E-state index contributed by atoms with van der Waals surface area (Å²) < 4.78 is 0. The first-order chi connectivity index (χ1) is 62.8. The number of unbranched alkanes of at least 4 members (excludes halogenated alkanes) is 16. The van der Waals surface area contributed by atoms with Crippen LogP contribution in [0.1, 0.15) is 336 Å². The van der Waals surface area contributed by atoms with Gasteiger partial charge in [-0.3, -0.25) is 34.5 Å². The lowest BCUT2D eigenvalue weighted by Gasteiger charge is -2.05. The molecule has 6 atom stereocenters. The summed E-state index contributed by atoms with van der Waals surface area (Å²) in [4.78, 5) is 60.5. The van der Waals surface area contributed by atoms with E-state index in [1.807, 2.05) is 115 Å². The normalized spacial score (nSPS) is 13.9. The summed E-state index contributed by atoms with van der Waals surface area (Å²) in [6.45, 7) is 10.5. The van der Waals surface area contributed by atoms with E-state index in [4.69, 9.17) is 36.0 Å². The maximum atomic E-state index is 10.4. The molecule has 129 heavy (non-hydrogen) atoms. The number of aliphatic hydroxyl groups is 4. The summed E-state index contributed by atoms with van der Waals surface area (Å²) in [6.07, 6.45) is 130. The Hall–Kier alpha value is -9.39. The van der Waals surface area contributed by atoms with E-state index in [9.17, 15) is 44.4 Å². The quantitative estimate of drug-likeness (QED) is 0.00673. The Balaban J connectivity index is -0.000000497. The van der Waals surface area contributed by atoms with Gasteiger partial charge >= 0.3 is 29.8 Å². The van der Waals surface area contributed by atoms with Crippen molar-refractivity contribution in [1.82, 2.24) is 0 Å². The Morgan fingerprint density at radius 1 is 0.248 bits per heavy atom. The molecule has 0 aromatic carbocycles. The van der Waals surface area contributed by atoms with E-state index in [1.165, 1.54) is 38.5 Å². The molecule has 18 nitrogen and oxygen atoms in total. The van der Waals surface area contributed by atoms with Crippen molar-refractivity contribution in [3.8, 4) is 11.8 Å². The molecule has 0 saturated carbocycles. The van der Waals surface area contributed by atoms with Crippen LogP contribution in [0.4, 0.5) is 0 Å². The first kappa shape index (κ1) is 128. The van der Waals surface area contributed by atoms with E-state index in [0.29, 0.717) is 64.2 Å². The SMILES string of the molecule is CC/C=C\C/C=C\C/C=C\C/C=C\C/C=C\CCCCCCC(=O)O.CC/C=C\C[C@@H](/C=C/CCCCCC/C=C\CCCCCC(=O)O)OO.CC/C=C\C[C@@H](O)/C=C/C=C\C/C=C\C=C\C(C/C=C\CCC(=O)O)OO.CC/C=C\C[C@H](O)/C=C/C=C\C/C=C\C=C\[C@@H](O)CC#CCCC(=O)O.CCCCC[C@@H](O)/C=C/CCC/C=C\C/C=C\C/C=C\CCC(=O)O. The van der Waals surface area contributed by atoms with Crippen molar-refractivity contribution >= 4 is 29.8 Å². The van der Waals surface area contributed by atoms with Crippen LogP contribution in [0.25, 0.3) is 0 Å². The summed E-state index contributed by atoms with van der Waals surface area (Å²) in [6, 6.07) is 0. The van der Waals surface area contributed by atoms with E-state index < -0.39 is 54.3 Å². The zero-order valence-electron chi connectivity index (χ0n) is 79.5. The largest absolute Gasteiger partial charge is 0.481 e. The van der Waals surface area contributed by atoms with Gasteiger partial charge in [-0.05, 0) is 205 Å². The molecule has 0 aromatic heterocycles. The molecule has 0 heterocycles. The molecule has 0 bridgehead atoms. The van der Waals surface area contributed by atoms with Crippen LogP contribution >= 0.6 is 0 Å². The predicted octanol–water partition coefficient (Wildman–Crippen LogP) is 28.7. The number of aliphatic hydroxyl groups excluding tert-OH is 4. The predicted molar refractivity (Wildman–Crippen MR) is 541 cm³/mol. The van der Waals surface area contributed by atoms with Crippen molar-refractivity contribution in [2.75, 3.05) is 0 Å². The highest BCUT2D eigenvalue weighted by molar-refractivity contribution is 5.68. The zero-order chi connectivity index (χ0) is 95.9. The summed E-state index contributed by atoms with van der Waals surface area (Å²) in [7, 11) is 0. The van der Waals surface area contributed by atoms with E-state index in [-0.39, 0.29) is 31.5 Å². The van der Waals surface area contributed by atoms with Gasteiger partial charge in [0, 0.05) is 38.5 Å². The van der Waals surface area contributed by atoms with Gasteiger partial charge in [0.25, 0.3) is 0 Å². The fourth-order valence-corrected chi connectivity index (χ4v) is 10.9. The van der Waals surface area contributed by atoms with Gasteiger partial charge in [-0.2, -0.15) is 0 Å². The number of carboxylic acids is 5. The molecule has 18 heteroatoms. The van der Waals surface area contributed by atoms with Crippen LogP contribution in [-0.4, -0.2) is 123 Å². The zero-order valence-corrected chi connectivity index (χ0v) is 79.5. The Morgan fingerprint density at radius 2 is 0.550 bits per heavy atom. The molecule has 0 aliphatic heterocycles. The first-order valence-corrected chi connectivity index (χ1v) is 47.8. The van der Waals surface area contributed by atoms with Crippen LogP contribution in [0.2, 0.25) is 0 Å². The van der Waals surface area contributed by atoms with Crippen molar-refractivity contribution in [2.24, 2.45) is 0 Å². The molecule has 0 aliphatic carbocycles. The molecule has 0 saturated heterocycles. The van der Waals surface area contributed by atoms with Gasteiger partial charge < -0.3 is 46.0 Å². The van der Waals surface area contributed by atoms with Crippen molar-refractivity contribution < 1.29 is 90.2 Å². The van der Waals surface area contributed by atoms with Crippen molar-refractivity contribution in [1.29, 1.82) is 0 Å². The van der Waals surface area contributed by atoms with Crippen LogP contribution < -0.4 is 0 Å². The Morgan fingerprint density at radius 3 is 0.961 bits per heavy atom. The molecule has 0 radical (unpaired) electrons. The lowest BCUT2D eigenvalue weighted by molar-refractivity contribution is -0.264. The first-order valence-electron chi connectivity index (χ1n) is 47.8. The smallest absolute Gasteiger partial charge is 0.304 e. The maximum absolute atomic E-state index is 10.4. The molecule has 0 fully saturated rings. The van der Waals surface area contributed by atoms with Gasteiger partial charge in [0.05, 0.1) is 30.8 Å². The summed E-state index contributed by atoms with van der Waals surface area (Å²) >= 11 is 0. The number of allylic oxidation sites excluding steroid dienone is 36. The fraction of sp³-hybridized carbons (Fsp3) is 0.523. The second kappa shape index (κ2) is 113. The van der Waals surface area contributed by atoms with Crippen LogP contribution in [0.3, 0.4) is 0 Å². The molecular weight excluding hydrogens is 1620 g/mol. The van der Waals surface area contributed by atoms with Crippen LogP contribution in [0.5, 0.6) is 0 Å². The number of rotatable bonds is 77. The molecule has 11 N–H and O–H groups in total. The van der Waals surface area contributed by atoms with Gasteiger partial charge in [0.1, 0.15) is 12.2 Å². The van der Waals surface area contributed by atoms with Crippen LogP contribution in [0, 0.1) is 11.8 Å². The van der Waals surface area contributed by atoms with E-state index in [2.05, 4.69) is 172 Å². The molecule has 0 aromatic rings. The second-order valence-electron chi connectivity index (χ2n) is 30.3. The summed E-state index contributed by atoms with van der Waals surface area (Å²) in [5, 5.41) is 99.0. The minimum absolute atomic E-state index is 0.0270. The average molecular weight is 1790 g/mol. The standard InChI is InChI=1S/C23H36O2.C22H32O5.C22H30O4.C22H38O4.C22H36O3/c1-2-3-4-5-6-7-8-9-10-11-12-13-14-15-16-17-18-19-20-21-22-23(24)25;1-2-3-10-15-20(23)16-11-7-5-4-6-8-12-17-21(27-26)18-13-9-14-19-22(24)25;1-2-3-10-15-20(23)16-11-7-5-4-6-8-12-17-21(24)18-13-9-14-19-22(25)26;1-2-3-15-18-21(26-25)19-16-13-11-9-7-5-4-6-8-10-12-14-17-20-22(23)24;1-2-3-15-18-21(23)19-16-13-11-9-7-5-4-6-8-10-12-14-17-20-22(24)25/h3-4,6-7,9-10,12-13,15-16H,2,5,8,11,14,17-22H2,1H3,(H,24,25);3,5-13,16-17,20-21,23,26H,2,4,14-15,18-19H2,1H3,(H,24,25);3,5-8,10-12,16-17,20-21,23-24H,2,4,14-15,18-19H2,1H3,(H,25,26);3,6,8,15-16,19,21,25H,2,4-5,7,9-14,17-18,20H2,1H3,(H,23,24);5-8,12,14,16,19,21,23H,2-4,9-11,13,15,17-18,20H2,1H3,(H,24,25)/b4-3-,7-6-,10-9-,13-12-,16-15-;7-5-,8-6-,10-3-,13-9-,16-11+,17-12+;7-5-,8-6-,10-3-,16-11+,17-12+;8-6-,15-3-,19-16+;7-5-,8-6-,14-12-,19-16+/t;20-,21?;20-,21+;2*21-/m.1001/s1. The molecular formula is C111H172O18. The minimum Gasteiger partial charge on any atom is -0.481 e.